The molecular weight excluding hydrogens is 400 g/mol. The molecule has 0 bridgehead atoms. The van der Waals surface area contributed by atoms with E-state index in [1.807, 2.05) is 36.4 Å². The van der Waals surface area contributed by atoms with Gasteiger partial charge in [-0.1, -0.05) is 60.7 Å². The van der Waals surface area contributed by atoms with Gasteiger partial charge in [-0.2, -0.15) is 0 Å². The fourth-order valence-electron chi connectivity index (χ4n) is 2.94. The standard InChI is InChI=1S/C23H28N2O6/c1-16(27)21(25-23(30)31-15-18-10-6-3-7-11-18)22(29)24-19(20(28)14-26)13-12-17-8-4-2-5-9-17/h2-11,16,19,21,26-27H,12-15H2,1H3,(H,24,29)(H,25,30). The first kappa shape index (κ1) is 24.0. The number of hydrogen-bond donors (Lipinski definition) is 4. The van der Waals surface area contributed by atoms with Gasteiger partial charge in [-0.3, -0.25) is 9.59 Å². The van der Waals surface area contributed by atoms with Gasteiger partial charge >= 0.3 is 6.09 Å². The van der Waals surface area contributed by atoms with Crippen LogP contribution in [0, 0.1) is 0 Å². The zero-order chi connectivity index (χ0) is 22.6. The number of ether oxygens (including phenoxy) is 1. The molecule has 2 rings (SSSR count). The minimum absolute atomic E-state index is 0.00349. The number of benzene rings is 2. The van der Waals surface area contributed by atoms with Gasteiger partial charge in [0.2, 0.25) is 5.91 Å². The predicted octanol–water partition coefficient (Wildman–Crippen LogP) is 1.34. The van der Waals surface area contributed by atoms with Crippen LogP contribution in [0.4, 0.5) is 4.79 Å². The SMILES string of the molecule is CC(O)C(NC(=O)OCc1ccccc1)C(=O)NC(CCc1ccccc1)C(=O)CO. The number of alkyl carbamates (subject to hydrolysis) is 1. The van der Waals surface area contributed by atoms with Crippen molar-refractivity contribution >= 4 is 17.8 Å². The van der Waals surface area contributed by atoms with Crippen LogP contribution in [0.5, 0.6) is 0 Å². The van der Waals surface area contributed by atoms with Crippen molar-refractivity contribution in [2.24, 2.45) is 0 Å². The highest BCUT2D eigenvalue weighted by molar-refractivity contribution is 5.92. The van der Waals surface area contributed by atoms with Crippen LogP contribution >= 0.6 is 0 Å². The van der Waals surface area contributed by atoms with E-state index >= 15 is 0 Å². The molecule has 0 saturated heterocycles. The second-order valence-electron chi connectivity index (χ2n) is 7.13. The molecule has 166 valence electrons. The van der Waals surface area contributed by atoms with Crippen molar-refractivity contribution in [3.05, 3.63) is 71.8 Å². The first-order chi connectivity index (χ1) is 14.9. The fourth-order valence-corrected chi connectivity index (χ4v) is 2.94. The van der Waals surface area contributed by atoms with E-state index in [-0.39, 0.29) is 13.0 Å². The van der Waals surface area contributed by atoms with E-state index in [0.29, 0.717) is 6.42 Å². The van der Waals surface area contributed by atoms with Gasteiger partial charge in [-0.15, -0.1) is 0 Å². The first-order valence-corrected chi connectivity index (χ1v) is 10.0. The fraction of sp³-hybridized carbons (Fsp3) is 0.348. The molecule has 0 aliphatic heterocycles. The molecule has 2 aromatic rings. The number of aliphatic hydroxyl groups is 2. The summed E-state index contributed by atoms with van der Waals surface area (Å²) in [5.74, 6) is -1.30. The maximum Gasteiger partial charge on any atom is 0.408 e. The number of aryl methyl sites for hydroxylation is 1. The van der Waals surface area contributed by atoms with Gasteiger partial charge in [0.1, 0.15) is 19.3 Å². The third kappa shape index (κ3) is 8.19. The van der Waals surface area contributed by atoms with Crippen LogP contribution in [0.15, 0.2) is 60.7 Å². The minimum Gasteiger partial charge on any atom is -0.445 e. The molecule has 0 fully saturated rings. The van der Waals surface area contributed by atoms with Gasteiger partial charge in [-0.25, -0.2) is 4.79 Å². The summed E-state index contributed by atoms with van der Waals surface area (Å²) in [6, 6.07) is 16.1. The molecule has 4 N–H and O–H groups in total. The van der Waals surface area contributed by atoms with E-state index in [4.69, 9.17) is 4.74 Å². The smallest absolute Gasteiger partial charge is 0.408 e. The van der Waals surface area contributed by atoms with Crippen molar-refractivity contribution in [3.8, 4) is 0 Å². The lowest BCUT2D eigenvalue weighted by molar-refractivity contribution is -0.131. The largest absolute Gasteiger partial charge is 0.445 e. The Morgan fingerprint density at radius 3 is 2.06 bits per heavy atom. The zero-order valence-electron chi connectivity index (χ0n) is 17.4. The number of amides is 2. The van der Waals surface area contributed by atoms with Crippen LogP contribution in [-0.2, 0) is 27.4 Å². The lowest BCUT2D eigenvalue weighted by Crippen LogP contribution is -2.56. The first-order valence-electron chi connectivity index (χ1n) is 10.0. The number of aliphatic hydroxyl groups excluding tert-OH is 2. The van der Waals surface area contributed by atoms with Crippen LogP contribution in [0.1, 0.15) is 24.5 Å². The van der Waals surface area contributed by atoms with Gasteiger partial charge in [0.15, 0.2) is 5.78 Å². The Labute approximate surface area is 181 Å². The molecule has 3 unspecified atom stereocenters. The Hall–Kier alpha value is -3.23. The Morgan fingerprint density at radius 2 is 1.52 bits per heavy atom. The van der Waals surface area contributed by atoms with Gasteiger partial charge in [0.05, 0.1) is 12.1 Å². The normalized spacial score (nSPS) is 13.5. The summed E-state index contributed by atoms with van der Waals surface area (Å²) in [5, 5.41) is 24.1. The van der Waals surface area contributed by atoms with Crippen molar-refractivity contribution in [1.29, 1.82) is 0 Å². The highest BCUT2D eigenvalue weighted by atomic mass is 16.5. The van der Waals surface area contributed by atoms with Crippen LogP contribution < -0.4 is 10.6 Å². The van der Waals surface area contributed by atoms with E-state index in [2.05, 4.69) is 10.6 Å². The van der Waals surface area contributed by atoms with Gasteiger partial charge in [-0.05, 0) is 30.9 Å². The predicted molar refractivity (Wildman–Crippen MR) is 114 cm³/mol. The second-order valence-corrected chi connectivity index (χ2v) is 7.13. The number of hydrogen-bond acceptors (Lipinski definition) is 6. The van der Waals surface area contributed by atoms with Gasteiger partial charge in [0.25, 0.3) is 0 Å². The van der Waals surface area contributed by atoms with Crippen LogP contribution in [0.2, 0.25) is 0 Å². The zero-order valence-corrected chi connectivity index (χ0v) is 17.4. The monoisotopic (exact) mass is 428 g/mol. The summed E-state index contributed by atoms with van der Waals surface area (Å²) in [6.07, 6.45) is -1.34. The Morgan fingerprint density at radius 1 is 0.935 bits per heavy atom. The average molecular weight is 428 g/mol. The number of Topliss-reactive ketones (excluding diaryl/α,β-unsaturated/α-hetero) is 1. The molecule has 0 radical (unpaired) electrons. The van der Waals surface area contributed by atoms with Crippen molar-refractivity contribution in [1.82, 2.24) is 10.6 Å². The average Bonchev–Trinajstić information content (AvgIpc) is 2.79. The van der Waals surface area contributed by atoms with Gasteiger partial charge in [0, 0.05) is 0 Å². The molecule has 3 atom stereocenters. The maximum atomic E-state index is 12.7. The van der Waals surface area contributed by atoms with E-state index in [1.165, 1.54) is 6.92 Å². The van der Waals surface area contributed by atoms with Crippen LogP contribution in [-0.4, -0.2) is 52.8 Å². The number of rotatable bonds is 11. The summed E-state index contributed by atoms with van der Waals surface area (Å²) in [5.41, 5.74) is 1.74. The molecule has 8 nitrogen and oxygen atoms in total. The lowest BCUT2D eigenvalue weighted by atomic mass is 10.0. The summed E-state index contributed by atoms with van der Waals surface area (Å²) >= 11 is 0. The number of carbonyl (C=O) groups is 3. The van der Waals surface area contributed by atoms with Crippen LogP contribution in [0.3, 0.4) is 0 Å². The van der Waals surface area contributed by atoms with E-state index in [0.717, 1.165) is 11.1 Å². The molecule has 2 amide bonds. The summed E-state index contributed by atoms with van der Waals surface area (Å²) in [7, 11) is 0. The summed E-state index contributed by atoms with van der Waals surface area (Å²) in [4.78, 5) is 36.9. The van der Waals surface area contributed by atoms with E-state index in [9.17, 15) is 24.6 Å². The molecule has 0 saturated carbocycles. The number of ketones is 1. The maximum absolute atomic E-state index is 12.7. The molecule has 0 spiro atoms. The lowest BCUT2D eigenvalue weighted by Gasteiger charge is -2.24. The van der Waals surface area contributed by atoms with Crippen molar-refractivity contribution in [2.75, 3.05) is 6.61 Å². The third-order valence-electron chi connectivity index (χ3n) is 4.68. The molecular formula is C23H28N2O6. The Bertz CT molecular complexity index is 842. The van der Waals surface area contributed by atoms with E-state index < -0.39 is 42.6 Å². The number of carbonyl (C=O) groups excluding carboxylic acids is 3. The summed E-state index contributed by atoms with van der Waals surface area (Å²) < 4.78 is 5.09. The molecule has 0 aliphatic rings. The quantitative estimate of drug-likeness (QED) is 0.428. The van der Waals surface area contributed by atoms with Crippen LogP contribution in [0.25, 0.3) is 0 Å². The molecule has 31 heavy (non-hydrogen) atoms. The topological polar surface area (TPSA) is 125 Å². The molecule has 2 aromatic carbocycles. The number of nitrogens with one attached hydrogen (secondary N) is 2. The second kappa shape index (κ2) is 12.5. The minimum atomic E-state index is -1.33. The Balaban J connectivity index is 1.95. The third-order valence-corrected chi connectivity index (χ3v) is 4.68. The van der Waals surface area contributed by atoms with Crippen molar-refractivity contribution in [3.63, 3.8) is 0 Å². The molecule has 0 heterocycles. The van der Waals surface area contributed by atoms with Gasteiger partial charge < -0.3 is 25.6 Å². The molecule has 0 aromatic heterocycles. The highest BCUT2D eigenvalue weighted by Gasteiger charge is 2.29. The highest BCUT2D eigenvalue weighted by Crippen LogP contribution is 2.07. The summed E-state index contributed by atoms with van der Waals surface area (Å²) in [6.45, 7) is 0.615. The van der Waals surface area contributed by atoms with E-state index in [1.54, 1.807) is 24.3 Å². The van der Waals surface area contributed by atoms with Crippen molar-refractivity contribution < 1.29 is 29.3 Å². The Kier molecular flexibility index (Phi) is 9.67. The molecule has 0 aliphatic carbocycles. The van der Waals surface area contributed by atoms with Crippen molar-refractivity contribution in [2.45, 2.75) is 44.6 Å². The molecule has 8 heteroatoms.